The summed E-state index contributed by atoms with van der Waals surface area (Å²) in [5, 5.41) is 7.42. The van der Waals surface area contributed by atoms with E-state index in [0.29, 0.717) is 17.1 Å². The highest BCUT2D eigenvalue weighted by atomic mass is 14.9. The zero-order valence-electron chi connectivity index (χ0n) is 6.89. The predicted octanol–water partition coefficient (Wildman–Crippen LogP) is 1.47. The molecule has 0 aromatic heterocycles. The Balaban J connectivity index is 4.60. The highest BCUT2D eigenvalue weighted by molar-refractivity contribution is 6.06. The van der Waals surface area contributed by atoms with E-state index in [-0.39, 0.29) is 0 Å². The molecule has 3 N–H and O–H groups in total. The van der Waals surface area contributed by atoms with Crippen LogP contribution in [-0.2, 0) is 0 Å². The van der Waals surface area contributed by atoms with Gasteiger partial charge in [0.05, 0.1) is 5.71 Å². The first-order valence-corrected chi connectivity index (χ1v) is 3.28. The van der Waals surface area contributed by atoms with Gasteiger partial charge in [0.2, 0.25) is 0 Å². The molecule has 0 aliphatic heterocycles. The first-order chi connectivity index (χ1) is 5.13. The maximum absolute atomic E-state index is 7.42. The van der Waals surface area contributed by atoms with Crippen LogP contribution in [-0.4, -0.2) is 12.4 Å². The molecule has 0 saturated heterocycles. The lowest BCUT2D eigenvalue weighted by atomic mass is 10.2. The van der Waals surface area contributed by atoms with Gasteiger partial charge in [0.1, 0.15) is 5.82 Å². The van der Waals surface area contributed by atoms with Gasteiger partial charge in [-0.1, -0.05) is 6.08 Å². The van der Waals surface area contributed by atoms with Gasteiger partial charge in [0.25, 0.3) is 0 Å². The van der Waals surface area contributed by atoms with Crippen LogP contribution in [0.3, 0.4) is 0 Å². The van der Waals surface area contributed by atoms with Crippen molar-refractivity contribution in [3.05, 3.63) is 23.5 Å². The number of nitrogens with one attached hydrogen (secondary N) is 1. The Hall–Kier alpha value is -1.38. The fourth-order valence-corrected chi connectivity index (χ4v) is 0.548. The van der Waals surface area contributed by atoms with Crippen molar-refractivity contribution in [3.8, 4) is 0 Å². The summed E-state index contributed by atoms with van der Waals surface area (Å²) in [6.45, 7) is 6.86. The lowest BCUT2D eigenvalue weighted by Crippen LogP contribution is -2.03. The molecule has 60 valence electrons. The second-order valence-corrected chi connectivity index (χ2v) is 2.08. The third-order valence-electron chi connectivity index (χ3n) is 1.29. The van der Waals surface area contributed by atoms with Gasteiger partial charge in [-0.25, -0.2) is 4.99 Å². The van der Waals surface area contributed by atoms with Gasteiger partial charge >= 0.3 is 0 Å². The average molecular weight is 151 g/mol. The molecule has 0 rings (SSSR count). The van der Waals surface area contributed by atoms with Gasteiger partial charge in [-0.3, -0.25) is 0 Å². The van der Waals surface area contributed by atoms with E-state index in [0.717, 1.165) is 0 Å². The van der Waals surface area contributed by atoms with Crippen molar-refractivity contribution in [2.45, 2.75) is 13.8 Å². The Bertz CT molecular complexity index is 223. The van der Waals surface area contributed by atoms with Gasteiger partial charge in [-0.2, -0.15) is 0 Å². The van der Waals surface area contributed by atoms with Crippen LogP contribution < -0.4 is 5.73 Å². The number of nitrogens with two attached hydrogens (primary N) is 1. The van der Waals surface area contributed by atoms with E-state index in [4.69, 9.17) is 11.1 Å². The molecule has 0 aromatic rings. The normalized spacial score (nSPS) is 12.9. The second-order valence-electron chi connectivity index (χ2n) is 2.08. The largest absolute Gasteiger partial charge is 0.383 e. The molecule has 0 heterocycles. The maximum atomic E-state index is 7.42. The molecule has 3 nitrogen and oxygen atoms in total. The van der Waals surface area contributed by atoms with Crippen LogP contribution in [0.4, 0.5) is 0 Å². The zero-order valence-corrected chi connectivity index (χ0v) is 6.89. The van der Waals surface area contributed by atoms with Crippen LogP contribution >= 0.6 is 0 Å². The van der Waals surface area contributed by atoms with E-state index in [1.807, 2.05) is 6.92 Å². The van der Waals surface area contributed by atoms with Gasteiger partial charge in [0, 0.05) is 5.57 Å². The van der Waals surface area contributed by atoms with Gasteiger partial charge in [-0.05, 0) is 26.6 Å². The fraction of sp³-hybridized carbons (Fsp3) is 0.250. The molecule has 0 saturated carbocycles. The Morgan fingerprint density at radius 2 is 2.18 bits per heavy atom. The van der Waals surface area contributed by atoms with E-state index in [1.165, 1.54) is 0 Å². The van der Waals surface area contributed by atoms with E-state index in [1.54, 1.807) is 19.1 Å². The first-order valence-electron chi connectivity index (χ1n) is 3.28. The van der Waals surface area contributed by atoms with Crippen molar-refractivity contribution >= 4 is 12.4 Å². The first kappa shape index (κ1) is 9.62. The standard InChI is InChI=1S/C8H13N3/c1-4-5-7(9)6(2)8(10)11-3/h4-5,9H,3,10H2,1-2H3/b5-4-,8-6-,9-7?. The number of rotatable bonds is 3. The van der Waals surface area contributed by atoms with Gasteiger partial charge < -0.3 is 11.1 Å². The lowest BCUT2D eigenvalue weighted by Gasteiger charge is -1.99. The minimum absolute atomic E-state index is 0.313. The highest BCUT2D eigenvalue weighted by Crippen LogP contribution is 2.01. The number of hydrogen-bond donors (Lipinski definition) is 2. The number of hydrogen-bond acceptors (Lipinski definition) is 3. The monoisotopic (exact) mass is 151 g/mol. The molecule has 0 bridgehead atoms. The second kappa shape index (κ2) is 4.44. The van der Waals surface area contributed by atoms with Crippen molar-refractivity contribution < 1.29 is 0 Å². The molecule has 0 radical (unpaired) electrons. The summed E-state index contributed by atoms with van der Waals surface area (Å²) in [6, 6.07) is 0. The summed E-state index contributed by atoms with van der Waals surface area (Å²) in [6.07, 6.45) is 3.44. The number of allylic oxidation sites excluding steroid dienone is 3. The summed E-state index contributed by atoms with van der Waals surface area (Å²) < 4.78 is 0. The fourth-order valence-electron chi connectivity index (χ4n) is 0.548. The Labute approximate surface area is 66.8 Å². The Morgan fingerprint density at radius 3 is 2.55 bits per heavy atom. The predicted molar refractivity (Wildman–Crippen MR) is 49.0 cm³/mol. The lowest BCUT2D eigenvalue weighted by molar-refractivity contribution is 1.21. The molecule has 0 spiro atoms. The third kappa shape index (κ3) is 2.80. The van der Waals surface area contributed by atoms with E-state index < -0.39 is 0 Å². The van der Waals surface area contributed by atoms with Crippen LogP contribution in [0.5, 0.6) is 0 Å². The molecule has 0 unspecified atom stereocenters. The average Bonchev–Trinajstić information content (AvgIpc) is 2.02. The zero-order chi connectivity index (χ0) is 8.85. The summed E-state index contributed by atoms with van der Waals surface area (Å²) in [5.41, 5.74) is 6.45. The Kier molecular flexibility index (Phi) is 3.88. The molecule has 11 heavy (non-hydrogen) atoms. The molecule has 0 aliphatic carbocycles. The minimum Gasteiger partial charge on any atom is -0.383 e. The van der Waals surface area contributed by atoms with Crippen molar-refractivity contribution in [2.24, 2.45) is 10.7 Å². The van der Waals surface area contributed by atoms with Crippen molar-refractivity contribution in [1.82, 2.24) is 0 Å². The summed E-state index contributed by atoms with van der Waals surface area (Å²) in [5.74, 6) is 0.313. The van der Waals surface area contributed by atoms with Crippen molar-refractivity contribution in [3.63, 3.8) is 0 Å². The number of nitrogens with zero attached hydrogens (tertiary/aromatic N) is 1. The van der Waals surface area contributed by atoms with Crippen LogP contribution in [0.25, 0.3) is 0 Å². The summed E-state index contributed by atoms with van der Waals surface area (Å²) >= 11 is 0. The molecule has 0 fully saturated rings. The van der Waals surface area contributed by atoms with Crippen molar-refractivity contribution in [2.75, 3.05) is 0 Å². The summed E-state index contributed by atoms with van der Waals surface area (Å²) in [7, 11) is 0. The topological polar surface area (TPSA) is 62.2 Å². The molecular formula is C8H13N3. The smallest absolute Gasteiger partial charge is 0.127 e. The third-order valence-corrected chi connectivity index (χ3v) is 1.29. The molecular weight excluding hydrogens is 138 g/mol. The maximum Gasteiger partial charge on any atom is 0.127 e. The van der Waals surface area contributed by atoms with E-state index >= 15 is 0 Å². The summed E-state index contributed by atoms with van der Waals surface area (Å²) in [4.78, 5) is 3.52. The van der Waals surface area contributed by atoms with Gasteiger partial charge in [0.15, 0.2) is 0 Å². The Morgan fingerprint density at radius 1 is 1.64 bits per heavy atom. The minimum atomic E-state index is 0.313. The molecule has 0 aromatic carbocycles. The van der Waals surface area contributed by atoms with E-state index in [9.17, 15) is 0 Å². The van der Waals surface area contributed by atoms with Crippen LogP contribution in [0.15, 0.2) is 28.5 Å². The highest BCUT2D eigenvalue weighted by Gasteiger charge is 1.98. The van der Waals surface area contributed by atoms with Crippen molar-refractivity contribution in [1.29, 1.82) is 5.41 Å². The van der Waals surface area contributed by atoms with Crippen LogP contribution in [0, 0.1) is 5.41 Å². The van der Waals surface area contributed by atoms with Gasteiger partial charge in [-0.15, -0.1) is 0 Å². The van der Waals surface area contributed by atoms with E-state index in [2.05, 4.69) is 11.7 Å². The molecule has 0 amide bonds. The van der Waals surface area contributed by atoms with Crippen LogP contribution in [0.2, 0.25) is 0 Å². The quantitative estimate of drug-likeness (QED) is 0.589. The SMILES string of the molecule is C=N/C(N)=C(/C)C(=N)/C=C\C. The molecule has 3 heteroatoms. The number of aliphatic imine (C=N–C) groups is 1. The molecule has 0 aliphatic rings. The molecule has 0 atom stereocenters. The van der Waals surface area contributed by atoms with Crippen LogP contribution in [0.1, 0.15) is 13.8 Å².